The number of nitrogens with one attached hydrogen (secondary N) is 1. The van der Waals surface area contributed by atoms with Crippen molar-refractivity contribution in [2.24, 2.45) is 5.92 Å². The Bertz CT molecular complexity index is 539. The third-order valence-corrected chi connectivity index (χ3v) is 4.27. The number of carbonyl (C=O) groups is 1. The molecule has 1 aliphatic rings. The van der Waals surface area contributed by atoms with Crippen LogP contribution in [0.15, 0.2) is 18.2 Å². The summed E-state index contributed by atoms with van der Waals surface area (Å²) in [4.78, 5) is 16.6. The average molecular weight is 321 g/mol. The fraction of sp³-hybridized carbons (Fsp3) is 0.611. The van der Waals surface area contributed by atoms with Gasteiger partial charge in [-0.05, 0) is 38.1 Å². The topological polar surface area (TPSA) is 35.6 Å². The molecule has 1 aromatic carbocycles. The van der Waals surface area contributed by atoms with E-state index in [-0.39, 0.29) is 17.8 Å². The molecule has 0 saturated carbocycles. The quantitative estimate of drug-likeness (QED) is 0.906. The summed E-state index contributed by atoms with van der Waals surface area (Å²) in [6, 6.07) is 4.68. The maximum atomic E-state index is 13.7. The minimum atomic E-state index is -0.261. The summed E-state index contributed by atoms with van der Waals surface area (Å²) >= 11 is 0. The monoisotopic (exact) mass is 321 g/mol. The molecule has 0 radical (unpaired) electrons. The molecular formula is C18H28FN3O. The van der Waals surface area contributed by atoms with E-state index >= 15 is 0 Å². The van der Waals surface area contributed by atoms with Gasteiger partial charge in [-0.1, -0.05) is 13.8 Å². The fourth-order valence-corrected chi connectivity index (χ4v) is 2.96. The number of amides is 1. The van der Waals surface area contributed by atoms with E-state index in [9.17, 15) is 9.18 Å². The van der Waals surface area contributed by atoms with Gasteiger partial charge in [0, 0.05) is 43.9 Å². The number of anilines is 1. The van der Waals surface area contributed by atoms with Crippen LogP contribution in [0.3, 0.4) is 0 Å². The van der Waals surface area contributed by atoms with Gasteiger partial charge in [-0.2, -0.15) is 0 Å². The summed E-state index contributed by atoms with van der Waals surface area (Å²) < 4.78 is 13.7. The molecule has 0 aliphatic carbocycles. The van der Waals surface area contributed by atoms with Crippen LogP contribution in [-0.2, 0) is 4.79 Å². The molecule has 1 amide bonds. The van der Waals surface area contributed by atoms with Crippen molar-refractivity contribution in [1.82, 2.24) is 10.2 Å². The maximum absolute atomic E-state index is 13.7. The van der Waals surface area contributed by atoms with E-state index in [2.05, 4.69) is 22.2 Å². The summed E-state index contributed by atoms with van der Waals surface area (Å²) in [6.07, 6.45) is 0.490. The Kier molecular flexibility index (Phi) is 5.99. The molecule has 0 bridgehead atoms. The lowest BCUT2D eigenvalue weighted by Gasteiger charge is -2.36. The predicted molar refractivity (Wildman–Crippen MR) is 92.1 cm³/mol. The van der Waals surface area contributed by atoms with Crippen molar-refractivity contribution in [3.05, 3.63) is 29.6 Å². The van der Waals surface area contributed by atoms with Gasteiger partial charge in [0.1, 0.15) is 5.82 Å². The van der Waals surface area contributed by atoms with E-state index in [0.29, 0.717) is 12.3 Å². The van der Waals surface area contributed by atoms with Crippen molar-refractivity contribution < 1.29 is 9.18 Å². The molecule has 1 heterocycles. The van der Waals surface area contributed by atoms with Crippen molar-refractivity contribution >= 4 is 11.6 Å². The summed E-state index contributed by atoms with van der Waals surface area (Å²) in [5.74, 6) is 0.0655. The Morgan fingerprint density at radius 1 is 1.22 bits per heavy atom. The number of rotatable bonds is 5. The van der Waals surface area contributed by atoms with Gasteiger partial charge in [0.05, 0.1) is 6.04 Å². The van der Waals surface area contributed by atoms with Crippen LogP contribution in [0, 0.1) is 11.7 Å². The van der Waals surface area contributed by atoms with E-state index in [0.717, 1.165) is 37.4 Å². The lowest BCUT2D eigenvalue weighted by molar-refractivity contribution is -0.122. The standard InChI is InChI=1S/C18H28FN3O/c1-13(2)11-18(23)20-14(3)16-12-15(19)5-6-17(16)22-9-7-21(4)8-10-22/h5-6,12-14H,7-11H2,1-4H3,(H,20,23). The predicted octanol–water partition coefficient (Wildman–Crippen LogP) is 2.80. The van der Waals surface area contributed by atoms with Crippen LogP contribution in [0.2, 0.25) is 0 Å². The van der Waals surface area contributed by atoms with Crippen molar-refractivity contribution in [3.63, 3.8) is 0 Å². The highest BCUT2D eigenvalue weighted by Crippen LogP contribution is 2.28. The first kappa shape index (κ1) is 17.7. The normalized spacial score (nSPS) is 17.4. The average Bonchev–Trinajstić information content (AvgIpc) is 2.47. The van der Waals surface area contributed by atoms with Crippen LogP contribution in [0.4, 0.5) is 10.1 Å². The SMILES string of the molecule is CC(C)CC(=O)NC(C)c1cc(F)ccc1N1CCN(C)CC1. The largest absolute Gasteiger partial charge is 0.369 e. The van der Waals surface area contributed by atoms with Gasteiger partial charge < -0.3 is 15.1 Å². The molecule has 1 N–H and O–H groups in total. The van der Waals surface area contributed by atoms with Crippen molar-refractivity contribution in [1.29, 1.82) is 0 Å². The van der Waals surface area contributed by atoms with E-state index in [1.165, 1.54) is 6.07 Å². The number of carbonyl (C=O) groups excluding carboxylic acids is 1. The number of piperazine rings is 1. The summed E-state index contributed by atoms with van der Waals surface area (Å²) in [7, 11) is 2.11. The molecule has 1 atom stereocenters. The second kappa shape index (κ2) is 7.77. The first-order chi connectivity index (χ1) is 10.9. The zero-order valence-corrected chi connectivity index (χ0v) is 14.6. The van der Waals surface area contributed by atoms with Gasteiger partial charge in [0.2, 0.25) is 5.91 Å². The number of likely N-dealkylation sites (N-methyl/N-ethyl adjacent to an activating group) is 1. The highest BCUT2D eigenvalue weighted by atomic mass is 19.1. The van der Waals surface area contributed by atoms with E-state index < -0.39 is 0 Å². The third kappa shape index (κ3) is 4.93. The van der Waals surface area contributed by atoms with Gasteiger partial charge in [-0.25, -0.2) is 4.39 Å². The molecule has 23 heavy (non-hydrogen) atoms. The molecule has 0 spiro atoms. The van der Waals surface area contributed by atoms with Crippen LogP contribution < -0.4 is 10.2 Å². The summed E-state index contributed by atoms with van der Waals surface area (Å²) in [6.45, 7) is 9.77. The van der Waals surface area contributed by atoms with Crippen LogP contribution in [0.1, 0.15) is 38.8 Å². The second-order valence-corrected chi connectivity index (χ2v) is 6.88. The first-order valence-corrected chi connectivity index (χ1v) is 8.39. The Labute approximate surface area is 138 Å². The van der Waals surface area contributed by atoms with E-state index in [1.807, 2.05) is 26.8 Å². The zero-order valence-electron chi connectivity index (χ0n) is 14.6. The fourth-order valence-electron chi connectivity index (χ4n) is 2.96. The minimum absolute atomic E-state index is 0.0149. The van der Waals surface area contributed by atoms with Gasteiger partial charge in [0.15, 0.2) is 0 Å². The third-order valence-electron chi connectivity index (χ3n) is 4.27. The van der Waals surface area contributed by atoms with Crippen LogP contribution in [0.25, 0.3) is 0 Å². The van der Waals surface area contributed by atoms with E-state index in [4.69, 9.17) is 0 Å². The molecule has 4 nitrogen and oxygen atoms in total. The second-order valence-electron chi connectivity index (χ2n) is 6.88. The molecule has 128 valence electrons. The molecule has 1 aromatic rings. The highest BCUT2D eigenvalue weighted by molar-refractivity contribution is 5.77. The lowest BCUT2D eigenvalue weighted by atomic mass is 10.0. The number of hydrogen-bond acceptors (Lipinski definition) is 3. The van der Waals surface area contributed by atoms with Gasteiger partial charge in [0.25, 0.3) is 0 Å². The Hall–Kier alpha value is -1.62. The lowest BCUT2D eigenvalue weighted by Crippen LogP contribution is -2.45. The molecule has 1 unspecified atom stereocenters. The molecule has 2 rings (SSSR count). The number of halogens is 1. The Balaban J connectivity index is 2.16. The van der Waals surface area contributed by atoms with Gasteiger partial charge in [-0.3, -0.25) is 4.79 Å². The first-order valence-electron chi connectivity index (χ1n) is 8.39. The van der Waals surface area contributed by atoms with Crippen LogP contribution >= 0.6 is 0 Å². The molecule has 1 saturated heterocycles. The summed E-state index contributed by atoms with van der Waals surface area (Å²) in [5.41, 5.74) is 1.88. The minimum Gasteiger partial charge on any atom is -0.369 e. The van der Waals surface area contributed by atoms with Gasteiger partial charge >= 0.3 is 0 Å². The van der Waals surface area contributed by atoms with Gasteiger partial charge in [-0.15, -0.1) is 0 Å². The molecule has 5 heteroatoms. The van der Waals surface area contributed by atoms with E-state index in [1.54, 1.807) is 6.07 Å². The van der Waals surface area contributed by atoms with Crippen LogP contribution in [0.5, 0.6) is 0 Å². The Morgan fingerprint density at radius 2 is 1.87 bits per heavy atom. The zero-order chi connectivity index (χ0) is 17.0. The Morgan fingerprint density at radius 3 is 2.48 bits per heavy atom. The number of benzene rings is 1. The smallest absolute Gasteiger partial charge is 0.220 e. The maximum Gasteiger partial charge on any atom is 0.220 e. The molecule has 1 fully saturated rings. The molecular weight excluding hydrogens is 293 g/mol. The van der Waals surface area contributed by atoms with Crippen molar-refractivity contribution in [2.45, 2.75) is 33.2 Å². The van der Waals surface area contributed by atoms with Crippen LogP contribution in [-0.4, -0.2) is 44.0 Å². The summed E-state index contributed by atoms with van der Waals surface area (Å²) in [5, 5.41) is 3.00. The number of hydrogen-bond donors (Lipinski definition) is 1. The van der Waals surface area contributed by atoms with Crippen molar-refractivity contribution in [3.8, 4) is 0 Å². The highest BCUT2D eigenvalue weighted by Gasteiger charge is 2.21. The molecule has 0 aromatic heterocycles. The number of nitrogens with zero attached hydrogens (tertiary/aromatic N) is 2. The molecule has 1 aliphatic heterocycles. The van der Waals surface area contributed by atoms with Crippen molar-refractivity contribution in [2.75, 3.05) is 38.1 Å².